The lowest BCUT2D eigenvalue weighted by Gasteiger charge is -2.03. The number of H-pyrrole nitrogens is 2. The number of nitrogens with zero attached hydrogens (tertiary/aromatic N) is 11. The van der Waals surface area contributed by atoms with Crippen molar-refractivity contribution in [3.8, 4) is 12.1 Å². The molecule has 0 atom stereocenters. The summed E-state index contributed by atoms with van der Waals surface area (Å²) in [6.07, 6.45) is 20.6. The molecule has 0 fully saturated rings. The molecule has 10 aromatic heterocycles. The summed E-state index contributed by atoms with van der Waals surface area (Å²) in [7, 11) is 3.85. The number of nitriles is 2. The molecule has 0 aromatic carbocycles. The molecule has 0 amide bonds. The summed E-state index contributed by atoms with van der Waals surface area (Å²) in [5.74, 6) is 0. The number of hydrogen-bond acceptors (Lipinski definition) is 13. The fourth-order valence-electron chi connectivity index (χ4n) is 6.06. The molecule has 15 nitrogen and oxygen atoms in total. The molecule has 10 rings (SSSR count). The second-order valence-electron chi connectivity index (χ2n) is 15.4. The SMILES string of the molecule is C.C.C.C.C.C.CN(C)/C=C/c1cc(Br)cnc1C#N.Cc1cc(Br)cnc1C#N.Cc1cnc2c(=O)[nH]ccc2c1.Cc1cnc2c(Br)nccc2c1.Cc1cnc2c(Cl)nccc2c1.O=c1[nH]ccc2cc(Br)cnc12. The molecule has 0 unspecified atom stereocenters. The van der Waals surface area contributed by atoms with Crippen LogP contribution in [0.4, 0.5) is 0 Å². The molecule has 78 heavy (non-hydrogen) atoms. The van der Waals surface area contributed by atoms with Gasteiger partial charge in [-0.2, -0.15) is 10.5 Å². The van der Waals surface area contributed by atoms with Crippen LogP contribution >= 0.6 is 75.3 Å². The van der Waals surface area contributed by atoms with Crippen molar-refractivity contribution in [1.29, 1.82) is 10.5 Å². The van der Waals surface area contributed by atoms with Crippen LogP contribution < -0.4 is 11.1 Å². The summed E-state index contributed by atoms with van der Waals surface area (Å²) in [6, 6.07) is 23.2. The van der Waals surface area contributed by atoms with Gasteiger partial charge in [0.25, 0.3) is 11.1 Å². The number of aromatic nitrogens is 10. The van der Waals surface area contributed by atoms with Crippen LogP contribution in [0.5, 0.6) is 0 Å². The van der Waals surface area contributed by atoms with Gasteiger partial charge >= 0.3 is 0 Å². The zero-order chi connectivity index (χ0) is 52.3. The number of aromatic amines is 2. The van der Waals surface area contributed by atoms with Gasteiger partial charge in [0.05, 0.1) is 0 Å². The van der Waals surface area contributed by atoms with E-state index in [9.17, 15) is 9.59 Å². The molecule has 0 aliphatic carbocycles. The Hall–Kier alpha value is -7.13. The van der Waals surface area contributed by atoms with E-state index in [4.69, 9.17) is 22.1 Å². The Morgan fingerprint density at radius 3 is 1.44 bits per heavy atom. The van der Waals surface area contributed by atoms with Crippen molar-refractivity contribution in [2.75, 3.05) is 14.1 Å². The minimum absolute atomic E-state index is 0. The fraction of sp³-hybridized carbons (Fsp3) is 0.207. The normalized spacial score (nSPS) is 9.40. The molecule has 10 heterocycles. The van der Waals surface area contributed by atoms with E-state index < -0.39 is 0 Å². The second-order valence-corrected chi connectivity index (χ2v) is 19.3. The molecule has 20 heteroatoms. The molecular formula is C58H66Br4ClN13O2. The smallest absolute Gasteiger partial charge is 0.274 e. The van der Waals surface area contributed by atoms with Gasteiger partial charge in [-0.3, -0.25) is 24.5 Å². The Morgan fingerprint density at radius 2 is 0.923 bits per heavy atom. The van der Waals surface area contributed by atoms with Gasteiger partial charge in [-0.1, -0.05) is 56.2 Å². The molecule has 0 saturated carbocycles. The monoisotopic (exact) mass is 1330 g/mol. The number of aryl methyl sites for hydroxylation is 4. The van der Waals surface area contributed by atoms with Crippen LogP contribution in [0.15, 0.2) is 156 Å². The summed E-state index contributed by atoms with van der Waals surface area (Å²) >= 11 is 19.0. The van der Waals surface area contributed by atoms with Crippen LogP contribution in [-0.4, -0.2) is 68.8 Å². The maximum Gasteiger partial charge on any atom is 0.274 e. The van der Waals surface area contributed by atoms with Gasteiger partial charge in [-0.25, -0.2) is 24.9 Å². The van der Waals surface area contributed by atoms with E-state index in [1.807, 2.05) is 132 Å². The highest BCUT2D eigenvalue weighted by Gasteiger charge is 2.03. The Balaban J connectivity index is 0. The van der Waals surface area contributed by atoms with Crippen LogP contribution in [0.1, 0.15) is 83.8 Å². The predicted octanol–water partition coefficient (Wildman–Crippen LogP) is 16.3. The number of nitrogens with one attached hydrogen (secondary N) is 2. The largest absolute Gasteiger partial charge is 0.383 e. The van der Waals surface area contributed by atoms with Crippen molar-refractivity contribution in [3.05, 3.63) is 212 Å². The first-order valence-corrected chi connectivity index (χ1v) is 24.7. The minimum atomic E-state index is -0.153. The van der Waals surface area contributed by atoms with Crippen LogP contribution in [0.3, 0.4) is 0 Å². The van der Waals surface area contributed by atoms with E-state index in [0.717, 1.165) is 72.9 Å². The number of hydrogen-bond donors (Lipinski definition) is 2. The topological polar surface area (TPSA) is 220 Å². The maximum absolute atomic E-state index is 11.2. The standard InChI is InChI=1S/C10H10BrN3.C9H7BrN2.C9H7ClN2.C9H8N2O.C8H5BrN2O.C7H5BrN2.6CH4/c1-14(2)4-3-8-5-9(11)7-13-10(8)6-12;2*1-6-4-7-2-3-11-9(10)8(7)12-5-6;1-6-4-7-2-3-10-9(12)8(7)11-5-6;9-6-3-5-1-2-10-8(12)7(5)11-4-6;1-5-2-6(8)4-10-7(5)3-9;;;;;;/h3-5,7H,1-2H3;2*2-5H,1H3;2-5H,1H3,(H,10,12);1-4H,(H,10,12);2,4H,1H3;6*1H4/b4-3+;;;;;;;;;;;. The molecule has 2 N–H and O–H groups in total. The van der Waals surface area contributed by atoms with Crippen molar-refractivity contribution in [1.82, 2.24) is 54.7 Å². The number of fused-ring (bicyclic) bond motifs is 4. The highest BCUT2D eigenvalue weighted by Crippen LogP contribution is 2.21. The van der Waals surface area contributed by atoms with Gasteiger partial charge in [0.1, 0.15) is 50.2 Å². The molecular weight excluding hydrogens is 1270 g/mol. The van der Waals surface area contributed by atoms with E-state index in [2.05, 4.69) is 120 Å². The van der Waals surface area contributed by atoms with Gasteiger partial charge < -0.3 is 14.9 Å². The summed E-state index contributed by atoms with van der Waals surface area (Å²) < 4.78 is 3.46. The molecule has 0 bridgehead atoms. The third kappa shape index (κ3) is 22.1. The molecule has 0 radical (unpaired) electrons. The Labute approximate surface area is 496 Å². The lowest BCUT2D eigenvalue weighted by molar-refractivity contribution is 0.567. The van der Waals surface area contributed by atoms with E-state index in [0.29, 0.717) is 27.6 Å². The molecule has 410 valence electrons. The number of pyridine rings is 10. The lowest BCUT2D eigenvalue weighted by Crippen LogP contribution is -2.05. The van der Waals surface area contributed by atoms with Crippen LogP contribution in [0.2, 0.25) is 5.15 Å². The van der Waals surface area contributed by atoms with Gasteiger partial charge in [0.15, 0.2) is 5.15 Å². The minimum Gasteiger partial charge on any atom is -0.383 e. The zero-order valence-corrected chi connectivity index (χ0v) is 46.4. The first-order chi connectivity index (χ1) is 34.5. The van der Waals surface area contributed by atoms with Gasteiger partial charge in [0, 0.05) is 117 Å². The average molecular weight is 1330 g/mol. The quantitative estimate of drug-likeness (QED) is 0.154. The van der Waals surface area contributed by atoms with Gasteiger partial charge in [-0.15, -0.1) is 0 Å². The van der Waals surface area contributed by atoms with E-state index in [1.54, 1.807) is 55.8 Å². The van der Waals surface area contributed by atoms with Crippen molar-refractivity contribution < 1.29 is 0 Å². The maximum atomic E-state index is 11.2. The second kappa shape index (κ2) is 36.1. The Kier molecular flexibility index (Phi) is 33.7. The van der Waals surface area contributed by atoms with Gasteiger partial charge in [-0.05, 0) is 187 Å². The summed E-state index contributed by atoms with van der Waals surface area (Å²) in [5, 5.41) is 21.6. The van der Waals surface area contributed by atoms with Crippen molar-refractivity contribution in [2.45, 2.75) is 72.3 Å². The Bertz CT molecular complexity index is 3570. The predicted molar refractivity (Wildman–Crippen MR) is 340 cm³/mol. The highest BCUT2D eigenvalue weighted by molar-refractivity contribution is 9.11. The van der Waals surface area contributed by atoms with Crippen molar-refractivity contribution in [2.24, 2.45) is 0 Å². The fourth-order valence-corrected chi connectivity index (χ4v) is 7.87. The first kappa shape index (κ1) is 72.9. The molecule has 0 aliphatic rings. The number of rotatable bonds is 2. The van der Waals surface area contributed by atoms with Crippen LogP contribution in [0, 0.1) is 50.4 Å². The molecule has 0 aliphatic heterocycles. The molecule has 0 spiro atoms. The first-order valence-electron chi connectivity index (χ1n) is 21.2. The van der Waals surface area contributed by atoms with Crippen LogP contribution in [0.25, 0.3) is 49.7 Å². The summed E-state index contributed by atoms with van der Waals surface area (Å²) in [4.78, 5) is 61.8. The lowest BCUT2D eigenvalue weighted by atomic mass is 10.2. The molecule has 10 aromatic rings. The summed E-state index contributed by atoms with van der Waals surface area (Å²) in [6.45, 7) is 7.84. The third-order valence-corrected chi connectivity index (χ3v) is 11.6. The van der Waals surface area contributed by atoms with E-state index >= 15 is 0 Å². The van der Waals surface area contributed by atoms with Crippen LogP contribution in [-0.2, 0) is 0 Å². The van der Waals surface area contributed by atoms with E-state index in [-0.39, 0.29) is 55.7 Å². The van der Waals surface area contributed by atoms with Crippen molar-refractivity contribution in [3.63, 3.8) is 0 Å². The Morgan fingerprint density at radius 1 is 0.513 bits per heavy atom. The van der Waals surface area contributed by atoms with Crippen molar-refractivity contribution >= 4 is 125 Å². The zero-order valence-electron chi connectivity index (χ0n) is 39.3. The average Bonchev–Trinajstić information content (AvgIpc) is 3.34. The number of halogens is 5. The highest BCUT2D eigenvalue weighted by atomic mass is 79.9. The third-order valence-electron chi connectivity index (χ3n) is 9.40. The van der Waals surface area contributed by atoms with E-state index in [1.165, 1.54) is 5.56 Å². The summed E-state index contributed by atoms with van der Waals surface area (Å²) in [5.41, 5.74) is 8.38. The molecule has 0 saturated heterocycles. The van der Waals surface area contributed by atoms with Gasteiger partial charge in [0.2, 0.25) is 0 Å².